The van der Waals surface area contributed by atoms with Gasteiger partial charge in [-0.05, 0) is 18.4 Å². The van der Waals surface area contributed by atoms with E-state index in [1.807, 2.05) is 25.1 Å². The van der Waals surface area contributed by atoms with Crippen LogP contribution in [0, 0.1) is 5.41 Å². The number of hydrogen-bond acceptors (Lipinski definition) is 3. The fourth-order valence-electron chi connectivity index (χ4n) is 2.27. The standard InChI is InChI=1S/C15H22N2O2/c1-11(12-6-4-3-5-7-12)8-17-14(18)15(2)10-19-9-13(15)16/h3-7,11,13H,8-10,16H2,1-2H3,(H,17,18). The molecule has 1 saturated heterocycles. The summed E-state index contributed by atoms with van der Waals surface area (Å²) in [4.78, 5) is 12.2. The van der Waals surface area contributed by atoms with Crippen molar-refractivity contribution in [2.45, 2.75) is 25.8 Å². The lowest BCUT2D eigenvalue weighted by molar-refractivity contribution is -0.130. The fourth-order valence-corrected chi connectivity index (χ4v) is 2.27. The van der Waals surface area contributed by atoms with Crippen LogP contribution in [-0.4, -0.2) is 31.7 Å². The number of hydrogen-bond donors (Lipinski definition) is 2. The maximum atomic E-state index is 12.2. The molecule has 0 bridgehead atoms. The van der Waals surface area contributed by atoms with E-state index in [9.17, 15) is 4.79 Å². The number of nitrogens with one attached hydrogen (secondary N) is 1. The lowest BCUT2D eigenvalue weighted by Crippen LogP contribution is -2.50. The van der Waals surface area contributed by atoms with E-state index in [2.05, 4.69) is 24.4 Å². The molecule has 1 aromatic carbocycles. The highest BCUT2D eigenvalue weighted by atomic mass is 16.5. The molecule has 3 N–H and O–H groups in total. The van der Waals surface area contributed by atoms with Crippen molar-refractivity contribution in [3.63, 3.8) is 0 Å². The van der Waals surface area contributed by atoms with Gasteiger partial charge >= 0.3 is 0 Å². The van der Waals surface area contributed by atoms with Gasteiger partial charge in [0.15, 0.2) is 0 Å². The third kappa shape index (κ3) is 2.96. The van der Waals surface area contributed by atoms with Crippen LogP contribution >= 0.6 is 0 Å². The van der Waals surface area contributed by atoms with Crippen LogP contribution in [0.4, 0.5) is 0 Å². The molecular formula is C15H22N2O2. The predicted molar refractivity (Wildman–Crippen MR) is 74.8 cm³/mol. The van der Waals surface area contributed by atoms with Crippen molar-refractivity contribution in [3.8, 4) is 0 Å². The van der Waals surface area contributed by atoms with Crippen molar-refractivity contribution >= 4 is 5.91 Å². The Bertz CT molecular complexity index is 435. The van der Waals surface area contributed by atoms with Crippen molar-refractivity contribution in [2.75, 3.05) is 19.8 Å². The Hall–Kier alpha value is -1.39. The third-order valence-electron chi connectivity index (χ3n) is 3.97. The minimum atomic E-state index is -0.601. The summed E-state index contributed by atoms with van der Waals surface area (Å²) in [5.74, 6) is 0.271. The van der Waals surface area contributed by atoms with Crippen LogP contribution in [-0.2, 0) is 9.53 Å². The first kappa shape index (κ1) is 14.0. The molecule has 1 aliphatic heterocycles. The van der Waals surface area contributed by atoms with Crippen molar-refractivity contribution in [3.05, 3.63) is 35.9 Å². The zero-order chi connectivity index (χ0) is 13.9. The molecule has 3 unspecified atom stereocenters. The highest BCUT2D eigenvalue weighted by Gasteiger charge is 2.44. The van der Waals surface area contributed by atoms with E-state index >= 15 is 0 Å². The Morgan fingerprint density at radius 3 is 2.79 bits per heavy atom. The van der Waals surface area contributed by atoms with E-state index in [-0.39, 0.29) is 17.9 Å². The Balaban J connectivity index is 1.90. The topological polar surface area (TPSA) is 64.3 Å². The van der Waals surface area contributed by atoms with E-state index in [0.29, 0.717) is 19.8 Å². The maximum absolute atomic E-state index is 12.2. The molecule has 19 heavy (non-hydrogen) atoms. The molecule has 1 aromatic rings. The van der Waals surface area contributed by atoms with Crippen LogP contribution in [0.2, 0.25) is 0 Å². The molecule has 1 heterocycles. The van der Waals surface area contributed by atoms with Gasteiger partial charge in [-0.3, -0.25) is 4.79 Å². The Morgan fingerprint density at radius 1 is 1.53 bits per heavy atom. The van der Waals surface area contributed by atoms with Crippen molar-refractivity contribution < 1.29 is 9.53 Å². The number of rotatable bonds is 4. The minimum absolute atomic E-state index is 0.0136. The highest BCUT2D eigenvalue weighted by Crippen LogP contribution is 2.27. The number of amides is 1. The van der Waals surface area contributed by atoms with Crippen molar-refractivity contribution in [2.24, 2.45) is 11.1 Å². The number of ether oxygens (including phenoxy) is 1. The van der Waals surface area contributed by atoms with E-state index in [1.165, 1.54) is 5.56 Å². The van der Waals surface area contributed by atoms with Gasteiger partial charge < -0.3 is 15.8 Å². The van der Waals surface area contributed by atoms with E-state index in [0.717, 1.165) is 0 Å². The molecular weight excluding hydrogens is 240 g/mol. The molecule has 4 nitrogen and oxygen atoms in total. The first-order chi connectivity index (χ1) is 9.04. The third-order valence-corrected chi connectivity index (χ3v) is 3.97. The molecule has 0 radical (unpaired) electrons. The minimum Gasteiger partial charge on any atom is -0.379 e. The van der Waals surface area contributed by atoms with E-state index in [1.54, 1.807) is 0 Å². The smallest absolute Gasteiger partial charge is 0.229 e. The van der Waals surface area contributed by atoms with Gasteiger partial charge in [0.1, 0.15) is 0 Å². The summed E-state index contributed by atoms with van der Waals surface area (Å²) in [5.41, 5.74) is 6.57. The van der Waals surface area contributed by atoms with Gasteiger partial charge in [0.2, 0.25) is 5.91 Å². The van der Waals surface area contributed by atoms with E-state index in [4.69, 9.17) is 10.5 Å². The predicted octanol–water partition coefficient (Wildman–Crippen LogP) is 1.27. The summed E-state index contributed by atoms with van der Waals surface area (Å²) >= 11 is 0. The van der Waals surface area contributed by atoms with Crippen LogP contribution in [0.5, 0.6) is 0 Å². The summed E-state index contributed by atoms with van der Waals surface area (Å²) in [6, 6.07) is 9.93. The van der Waals surface area contributed by atoms with Gasteiger partial charge in [-0.2, -0.15) is 0 Å². The number of carbonyl (C=O) groups is 1. The lowest BCUT2D eigenvalue weighted by atomic mass is 9.84. The summed E-state index contributed by atoms with van der Waals surface area (Å²) in [6.07, 6.45) is 0. The number of nitrogens with two attached hydrogens (primary N) is 1. The zero-order valence-corrected chi connectivity index (χ0v) is 11.6. The second-order valence-electron chi connectivity index (χ2n) is 5.56. The molecule has 2 rings (SSSR count). The molecule has 0 saturated carbocycles. The molecule has 0 aliphatic carbocycles. The highest BCUT2D eigenvalue weighted by molar-refractivity contribution is 5.83. The van der Waals surface area contributed by atoms with Crippen LogP contribution in [0.25, 0.3) is 0 Å². The van der Waals surface area contributed by atoms with Crippen LogP contribution < -0.4 is 11.1 Å². The van der Waals surface area contributed by atoms with Gasteiger partial charge in [0.25, 0.3) is 0 Å². The van der Waals surface area contributed by atoms with Gasteiger partial charge in [-0.15, -0.1) is 0 Å². The monoisotopic (exact) mass is 262 g/mol. The molecule has 1 amide bonds. The van der Waals surface area contributed by atoms with Gasteiger partial charge in [-0.1, -0.05) is 37.3 Å². The van der Waals surface area contributed by atoms with Crippen molar-refractivity contribution in [1.29, 1.82) is 0 Å². The van der Waals surface area contributed by atoms with Crippen LogP contribution in [0.1, 0.15) is 25.3 Å². The molecule has 1 aliphatic rings. The maximum Gasteiger partial charge on any atom is 0.229 e. The second-order valence-corrected chi connectivity index (χ2v) is 5.56. The first-order valence-electron chi connectivity index (χ1n) is 6.70. The fraction of sp³-hybridized carbons (Fsp3) is 0.533. The number of benzene rings is 1. The first-order valence-corrected chi connectivity index (χ1v) is 6.70. The molecule has 4 heteroatoms. The Kier molecular flexibility index (Phi) is 4.22. The van der Waals surface area contributed by atoms with Crippen LogP contribution in [0.15, 0.2) is 30.3 Å². The second kappa shape index (κ2) is 5.72. The Labute approximate surface area is 114 Å². The molecule has 0 aromatic heterocycles. The number of carbonyl (C=O) groups excluding carboxylic acids is 1. The van der Waals surface area contributed by atoms with Crippen molar-refractivity contribution in [1.82, 2.24) is 5.32 Å². The summed E-state index contributed by atoms with van der Waals surface area (Å²) in [7, 11) is 0. The lowest BCUT2D eigenvalue weighted by Gasteiger charge is -2.26. The summed E-state index contributed by atoms with van der Waals surface area (Å²) < 4.78 is 5.30. The quantitative estimate of drug-likeness (QED) is 0.859. The SMILES string of the molecule is CC(CNC(=O)C1(C)COCC1N)c1ccccc1. The van der Waals surface area contributed by atoms with E-state index < -0.39 is 5.41 Å². The Morgan fingerprint density at radius 2 is 2.21 bits per heavy atom. The largest absolute Gasteiger partial charge is 0.379 e. The zero-order valence-electron chi connectivity index (χ0n) is 11.6. The van der Waals surface area contributed by atoms with Gasteiger partial charge in [-0.25, -0.2) is 0 Å². The van der Waals surface area contributed by atoms with Gasteiger partial charge in [0, 0.05) is 12.6 Å². The normalized spacial score (nSPS) is 28.1. The van der Waals surface area contributed by atoms with Crippen LogP contribution in [0.3, 0.4) is 0 Å². The molecule has 0 spiro atoms. The average molecular weight is 262 g/mol. The molecule has 104 valence electrons. The molecule has 1 fully saturated rings. The van der Waals surface area contributed by atoms with Gasteiger partial charge in [0.05, 0.1) is 18.6 Å². The summed E-state index contributed by atoms with van der Waals surface area (Å²) in [6.45, 7) is 5.44. The summed E-state index contributed by atoms with van der Waals surface area (Å²) in [5, 5.41) is 2.99. The molecule has 3 atom stereocenters. The average Bonchev–Trinajstić information content (AvgIpc) is 2.78.